The van der Waals surface area contributed by atoms with Crippen LogP contribution in [0.4, 0.5) is 11.4 Å². The lowest BCUT2D eigenvalue weighted by Gasteiger charge is -2.39. The first-order valence-electron chi connectivity index (χ1n) is 10.1. The summed E-state index contributed by atoms with van der Waals surface area (Å²) in [5, 5.41) is 12.9. The molecule has 4 heterocycles. The Morgan fingerprint density at radius 2 is 2.00 bits per heavy atom. The van der Waals surface area contributed by atoms with Crippen molar-refractivity contribution in [3.05, 3.63) is 71.1 Å². The molecular formula is C23H22N6O2. The number of likely N-dealkylation sites (tertiary alicyclic amines) is 1. The number of nitrogens with one attached hydrogen (secondary N) is 2. The molecule has 1 fully saturated rings. The summed E-state index contributed by atoms with van der Waals surface area (Å²) in [4.78, 5) is 31.4. The predicted octanol–water partition coefficient (Wildman–Crippen LogP) is 3.20. The van der Waals surface area contributed by atoms with E-state index >= 15 is 0 Å². The van der Waals surface area contributed by atoms with Gasteiger partial charge >= 0.3 is 0 Å². The highest BCUT2D eigenvalue weighted by molar-refractivity contribution is 6.00. The number of aryl methyl sites for hydroxylation is 2. The molecule has 31 heavy (non-hydrogen) atoms. The minimum atomic E-state index is -0.114. The van der Waals surface area contributed by atoms with Crippen LogP contribution in [0.1, 0.15) is 17.2 Å². The Morgan fingerprint density at radius 3 is 2.77 bits per heavy atom. The number of carbonyl (C=O) groups is 1. The molecule has 0 atom stereocenters. The van der Waals surface area contributed by atoms with Crippen molar-refractivity contribution in [1.29, 1.82) is 0 Å². The first-order chi connectivity index (χ1) is 15.0. The van der Waals surface area contributed by atoms with Crippen LogP contribution < -0.4 is 10.9 Å². The average Bonchev–Trinajstić information content (AvgIpc) is 3.21. The molecule has 5 rings (SSSR count). The van der Waals surface area contributed by atoms with Crippen LogP contribution in [0.3, 0.4) is 0 Å². The maximum atomic E-state index is 13.5. The van der Waals surface area contributed by atoms with Crippen molar-refractivity contribution in [2.75, 3.05) is 18.4 Å². The summed E-state index contributed by atoms with van der Waals surface area (Å²) in [7, 11) is 0. The van der Waals surface area contributed by atoms with Gasteiger partial charge in [0.25, 0.3) is 5.56 Å². The number of H-pyrrole nitrogens is 1. The van der Waals surface area contributed by atoms with Gasteiger partial charge in [0.15, 0.2) is 0 Å². The number of carbonyl (C=O) groups excluding carboxylic acids is 1. The predicted molar refractivity (Wildman–Crippen MR) is 121 cm³/mol. The summed E-state index contributed by atoms with van der Waals surface area (Å²) in [5.74, 6) is -0.114. The van der Waals surface area contributed by atoms with Crippen LogP contribution >= 0.6 is 0 Å². The van der Waals surface area contributed by atoms with Gasteiger partial charge in [0, 0.05) is 36.3 Å². The van der Waals surface area contributed by atoms with Gasteiger partial charge in [-0.1, -0.05) is 12.6 Å². The molecule has 4 aromatic rings. The molecule has 0 unspecified atom stereocenters. The zero-order valence-corrected chi connectivity index (χ0v) is 17.3. The van der Waals surface area contributed by atoms with Gasteiger partial charge in [0.05, 0.1) is 40.7 Å². The Hall–Kier alpha value is -3.94. The Kier molecular flexibility index (Phi) is 4.35. The van der Waals surface area contributed by atoms with E-state index in [9.17, 15) is 9.59 Å². The molecule has 1 aliphatic heterocycles. The Bertz CT molecular complexity index is 1410. The number of rotatable bonds is 4. The van der Waals surface area contributed by atoms with Crippen LogP contribution in [0.2, 0.25) is 0 Å². The first-order valence-corrected chi connectivity index (χ1v) is 10.1. The summed E-state index contributed by atoms with van der Waals surface area (Å²) < 4.78 is 1.74. The molecule has 2 N–H and O–H groups in total. The molecule has 0 aliphatic carbocycles. The normalized spacial score (nSPS) is 14.1. The van der Waals surface area contributed by atoms with E-state index in [0.717, 1.165) is 33.1 Å². The van der Waals surface area contributed by atoms with Crippen molar-refractivity contribution in [3.8, 4) is 0 Å². The van der Waals surface area contributed by atoms with E-state index in [1.165, 1.54) is 6.08 Å². The van der Waals surface area contributed by atoms with Gasteiger partial charge in [-0.05, 0) is 37.1 Å². The van der Waals surface area contributed by atoms with Crippen molar-refractivity contribution < 1.29 is 4.79 Å². The third-order valence-corrected chi connectivity index (χ3v) is 5.99. The van der Waals surface area contributed by atoms with Crippen LogP contribution in [0, 0.1) is 13.8 Å². The highest BCUT2D eigenvalue weighted by Crippen LogP contribution is 2.32. The van der Waals surface area contributed by atoms with Gasteiger partial charge in [-0.3, -0.25) is 19.7 Å². The van der Waals surface area contributed by atoms with Crippen LogP contribution in [-0.4, -0.2) is 43.6 Å². The number of anilines is 2. The molecule has 8 heteroatoms. The van der Waals surface area contributed by atoms with E-state index in [-0.39, 0.29) is 17.5 Å². The molecule has 0 spiro atoms. The van der Waals surface area contributed by atoms with Crippen molar-refractivity contribution in [2.24, 2.45) is 0 Å². The maximum absolute atomic E-state index is 13.5. The standard InChI is InChI=1S/C23H22N6O2/c1-4-20(30)28-11-15(12-28)29-10-14(3)16-7-24-9-19(21(16)23(29)31)26-22-13(2)5-6-18-17(22)8-25-27-18/h4-10,15,26H,1,11-12H2,2-3H3,(H,25,27). The summed E-state index contributed by atoms with van der Waals surface area (Å²) in [5.41, 5.74) is 4.35. The summed E-state index contributed by atoms with van der Waals surface area (Å²) >= 11 is 0. The number of amides is 1. The molecule has 1 aliphatic rings. The second-order valence-electron chi connectivity index (χ2n) is 7.95. The van der Waals surface area contributed by atoms with E-state index < -0.39 is 0 Å². The number of nitrogens with zero attached hydrogens (tertiary/aromatic N) is 4. The Morgan fingerprint density at radius 1 is 1.19 bits per heavy atom. The molecule has 3 aromatic heterocycles. The van der Waals surface area contributed by atoms with Gasteiger partial charge < -0.3 is 14.8 Å². The van der Waals surface area contributed by atoms with Gasteiger partial charge in [0.2, 0.25) is 5.91 Å². The quantitative estimate of drug-likeness (QED) is 0.500. The van der Waals surface area contributed by atoms with Crippen molar-refractivity contribution >= 4 is 39.0 Å². The maximum Gasteiger partial charge on any atom is 0.261 e. The minimum Gasteiger partial charge on any atom is -0.353 e. The number of fused-ring (bicyclic) bond motifs is 2. The molecule has 156 valence electrons. The van der Waals surface area contributed by atoms with Crippen LogP contribution in [0.5, 0.6) is 0 Å². The lowest BCUT2D eigenvalue weighted by atomic mass is 10.0. The molecule has 1 aromatic carbocycles. The zero-order valence-electron chi connectivity index (χ0n) is 17.3. The minimum absolute atomic E-state index is 0.0560. The monoisotopic (exact) mass is 414 g/mol. The van der Waals surface area contributed by atoms with Gasteiger partial charge in [0.1, 0.15) is 0 Å². The highest BCUT2D eigenvalue weighted by atomic mass is 16.2. The van der Waals surface area contributed by atoms with Gasteiger partial charge in [-0.15, -0.1) is 0 Å². The van der Waals surface area contributed by atoms with E-state index in [1.54, 1.807) is 28.1 Å². The Balaban J connectivity index is 1.61. The SMILES string of the molecule is C=CC(=O)N1CC(n2cc(C)c3cncc(Nc4c(C)ccc5[nH]ncc45)c3c2=O)C1. The number of aromatic nitrogens is 4. The summed E-state index contributed by atoms with van der Waals surface area (Å²) in [6.45, 7) is 8.50. The van der Waals surface area contributed by atoms with E-state index in [2.05, 4.69) is 27.1 Å². The fourth-order valence-electron chi connectivity index (χ4n) is 4.19. The first kappa shape index (κ1) is 19.0. The van der Waals surface area contributed by atoms with Gasteiger partial charge in [-0.25, -0.2) is 0 Å². The number of benzene rings is 1. The number of pyridine rings is 2. The smallest absolute Gasteiger partial charge is 0.261 e. The van der Waals surface area contributed by atoms with Crippen molar-refractivity contribution in [1.82, 2.24) is 24.6 Å². The van der Waals surface area contributed by atoms with E-state index in [0.29, 0.717) is 24.2 Å². The largest absolute Gasteiger partial charge is 0.353 e. The molecule has 8 nitrogen and oxygen atoms in total. The lowest BCUT2D eigenvalue weighted by Crippen LogP contribution is -2.52. The summed E-state index contributed by atoms with van der Waals surface area (Å²) in [6, 6.07) is 3.93. The van der Waals surface area contributed by atoms with E-state index in [1.807, 2.05) is 32.2 Å². The molecule has 1 saturated heterocycles. The van der Waals surface area contributed by atoms with Crippen LogP contribution in [-0.2, 0) is 4.79 Å². The second-order valence-corrected chi connectivity index (χ2v) is 7.95. The van der Waals surface area contributed by atoms with Crippen molar-refractivity contribution in [3.63, 3.8) is 0 Å². The van der Waals surface area contributed by atoms with Crippen molar-refractivity contribution in [2.45, 2.75) is 19.9 Å². The molecule has 0 radical (unpaired) electrons. The molecule has 0 bridgehead atoms. The third kappa shape index (κ3) is 2.99. The van der Waals surface area contributed by atoms with E-state index in [4.69, 9.17) is 0 Å². The van der Waals surface area contributed by atoms with Gasteiger partial charge in [-0.2, -0.15) is 5.10 Å². The average molecular weight is 414 g/mol. The number of aromatic amines is 1. The second kappa shape index (κ2) is 7.09. The number of hydrogen-bond acceptors (Lipinski definition) is 5. The molecular weight excluding hydrogens is 392 g/mol. The summed E-state index contributed by atoms with van der Waals surface area (Å²) in [6.07, 6.45) is 8.34. The third-order valence-electron chi connectivity index (χ3n) is 5.99. The Labute approximate surface area is 178 Å². The molecule has 0 saturated carbocycles. The lowest BCUT2D eigenvalue weighted by molar-refractivity contribution is -0.131. The van der Waals surface area contributed by atoms with Crippen LogP contribution in [0.15, 0.2) is 54.4 Å². The zero-order chi connectivity index (χ0) is 21.7. The molecule has 1 amide bonds. The highest BCUT2D eigenvalue weighted by Gasteiger charge is 2.32. The topological polar surface area (TPSA) is 95.9 Å². The fraction of sp³-hybridized carbons (Fsp3) is 0.217. The van der Waals surface area contributed by atoms with Crippen LogP contribution in [0.25, 0.3) is 21.7 Å². The number of hydrogen-bond donors (Lipinski definition) is 2. The fourth-order valence-corrected chi connectivity index (χ4v) is 4.19.